The second kappa shape index (κ2) is 5.81. The molecule has 1 fully saturated rings. The molecule has 1 heterocycles. The van der Waals surface area contributed by atoms with Crippen molar-refractivity contribution >= 4 is 11.9 Å². The summed E-state index contributed by atoms with van der Waals surface area (Å²) in [5, 5.41) is 23.5. The summed E-state index contributed by atoms with van der Waals surface area (Å²) in [4.78, 5) is 22.5. The first-order valence-electron chi connectivity index (χ1n) is 5.44. The third kappa shape index (κ3) is 3.46. The highest BCUT2D eigenvalue weighted by Gasteiger charge is 2.29. The van der Waals surface area contributed by atoms with Gasteiger partial charge in [-0.25, -0.2) is 4.79 Å². The number of carboxylic acid groups (broad SMARTS) is 1. The molecule has 16 heavy (non-hydrogen) atoms. The highest BCUT2D eigenvalue weighted by molar-refractivity contribution is 5.85. The minimum Gasteiger partial charge on any atom is -0.480 e. The average molecular weight is 230 g/mol. The molecule has 0 aromatic heterocycles. The number of aliphatic hydroxyl groups excluding tert-OH is 1. The van der Waals surface area contributed by atoms with Gasteiger partial charge in [-0.2, -0.15) is 0 Å². The van der Waals surface area contributed by atoms with Crippen molar-refractivity contribution in [3.8, 4) is 0 Å². The fraction of sp³-hybridized carbons (Fsp3) is 0.800. The molecule has 0 radical (unpaired) electrons. The summed E-state index contributed by atoms with van der Waals surface area (Å²) < 4.78 is 0. The van der Waals surface area contributed by atoms with E-state index in [9.17, 15) is 14.7 Å². The van der Waals surface area contributed by atoms with Crippen LogP contribution in [0.1, 0.15) is 19.8 Å². The second-order valence-electron chi connectivity index (χ2n) is 4.11. The summed E-state index contributed by atoms with van der Waals surface area (Å²) in [6.45, 7) is 2.80. The van der Waals surface area contributed by atoms with Crippen LogP contribution in [-0.4, -0.2) is 47.3 Å². The molecular formula is C10H18N2O4. The maximum absolute atomic E-state index is 11.7. The molecule has 0 aromatic rings. The van der Waals surface area contributed by atoms with Crippen molar-refractivity contribution in [1.82, 2.24) is 10.6 Å². The number of rotatable bonds is 4. The summed E-state index contributed by atoms with van der Waals surface area (Å²) in [6, 6.07) is -1.23. The number of carbonyl (C=O) groups excluding carboxylic acids is 1. The first kappa shape index (κ1) is 12.9. The summed E-state index contributed by atoms with van der Waals surface area (Å²) in [5.74, 6) is -1.72. The zero-order valence-corrected chi connectivity index (χ0v) is 9.27. The molecule has 1 aliphatic rings. The van der Waals surface area contributed by atoms with Gasteiger partial charge in [0.25, 0.3) is 0 Å². The van der Waals surface area contributed by atoms with Gasteiger partial charge in [0.15, 0.2) is 6.04 Å². The van der Waals surface area contributed by atoms with Gasteiger partial charge in [-0.3, -0.25) is 4.79 Å². The zero-order valence-electron chi connectivity index (χ0n) is 9.27. The number of aliphatic hydroxyl groups is 1. The minimum absolute atomic E-state index is 0.200. The van der Waals surface area contributed by atoms with Crippen LogP contribution in [0.2, 0.25) is 0 Å². The van der Waals surface area contributed by atoms with Gasteiger partial charge in [0, 0.05) is 6.54 Å². The summed E-state index contributed by atoms with van der Waals surface area (Å²) in [6.07, 6.45) is 0.563. The number of nitrogens with one attached hydrogen (secondary N) is 2. The highest BCUT2D eigenvalue weighted by Crippen LogP contribution is 2.10. The van der Waals surface area contributed by atoms with Gasteiger partial charge in [0.1, 0.15) is 0 Å². The van der Waals surface area contributed by atoms with Crippen molar-refractivity contribution in [2.45, 2.75) is 31.9 Å². The Morgan fingerprint density at radius 1 is 1.50 bits per heavy atom. The number of hydrogen-bond acceptors (Lipinski definition) is 4. The number of carbonyl (C=O) groups is 2. The van der Waals surface area contributed by atoms with Crippen LogP contribution in [0.25, 0.3) is 0 Å². The van der Waals surface area contributed by atoms with E-state index >= 15 is 0 Å². The Morgan fingerprint density at radius 2 is 2.19 bits per heavy atom. The standard InChI is InChI=1S/C10H18N2O4/c1-6(13)8(10(15)16)12-9(14)7-3-2-4-11-5-7/h6-8,11,13H,2-5H2,1H3,(H,12,14)(H,15,16)/t6-,7+,8+/m1/s1. The molecule has 0 saturated carbocycles. The number of piperidine rings is 1. The topological polar surface area (TPSA) is 98.7 Å². The summed E-state index contributed by atoms with van der Waals surface area (Å²) in [5.41, 5.74) is 0. The first-order valence-corrected chi connectivity index (χ1v) is 5.44. The molecule has 1 rings (SSSR count). The van der Waals surface area contributed by atoms with Gasteiger partial charge < -0.3 is 20.8 Å². The Balaban J connectivity index is 2.50. The maximum Gasteiger partial charge on any atom is 0.328 e. The van der Waals surface area contributed by atoms with E-state index in [1.54, 1.807) is 0 Å². The average Bonchev–Trinajstić information content (AvgIpc) is 2.25. The van der Waals surface area contributed by atoms with Crippen molar-refractivity contribution in [2.75, 3.05) is 13.1 Å². The number of aliphatic carboxylic acids is 1. The summed E-state index contributed by atoms with van der Waals surface area (Å²) >= 11 is 0. The Kier molecular flexibility index (Phi) is 4.70. The molecule has 0 spiro atoms. The van der Waals surface area contributed by atoms with E-state index in [2.05, 4.69) is 10.6 Å². The Hall–Kier alpha value is -1.14. The molecule has 4 N–H and O–H groups in total. The van der Waals surface area contributed by atoms with Crippen molar-refractivity contribution in [3.63, 3.8) is 0 Å². The van der Waals surface area contributed by atoms with Crippen molar-refractivity contribution in [3.05, 3.63) is 0 Å². The summed E-state index contributed by atoms with van der Waals surface area (Å²) in [7, 11) is 0. The minimum atomic E-state index is -1.23. The normalized spacial score (nSPS) is 24.5. The fourth-order valence-electron chi connectivity index (χ4n) is 1.74. The molecule has 92 valence electrons. The van der Waals surface area contributed by atoms with Crippen LogP contribution < -0.4 is 10.6 Å². The zero-order chi connectivity index (χ0) is 12.1. The lowest BCUT2D eigenvalue weighted by molar-refractivity contribution is -0.145. The van der Waals surface area contributed by atoms with E-state index in [0.29, 0.717) is 6.54 Å². The van der Waals surface area contributed by atoms with Crippen molar-refractivity contribution in [2.24, 2.45) is 5.92 Å². The van der Waals surface area contributed by atoms with Crippen LogP contribution in [-0.2, 0) is 9.59 Å². The second-order valence-corrected chi connectivity index (χ2v) is 4.11. The van der Waals surface area contributed by atoms with E-state index in [-0.39, 0.29) is 11.8 Å². The van der Waals surface area contributed by atoms with Crippen LogP contribution in [0.15, 0.2) is 0 Å². The van der Waals surface area contributed by atoms with Crippen LogP contribution in [0.3, 0.4) is 0 Å². The first-order chi connectivity index (χ1) is 7.52. The smallest absolute Gasteiger partial charge is 0.328 e. The van der Waals surface area contributed by atoms with Gasteiger partial charge in [-0.05, 0) is 26.3 Å². The van der Waals surface area contributed by atoms with Crippen LogP contribution in [0.4, 0.5) is 0 Å². The molecule has 0 aromatic carbocycles. The molecule has 1 aliphatic heterocycles. The van der Waals surface area contributed by atoms with Crippen molar-refractivity contribution in [1.29, 1.82) is 0 Å². The SMILES string of the molecule is C[C@@H](O)[C@H](NC(=O)[C@H]1CCCNC1)C(=O)O. The quantitative estimate of drug-likeness (QED) is 0.493. The lowest BCUT2D eigenvalue weighted by Gasteiger charge is -2.24. The molecule has 6 heteroatoms. The highest BCUT2D eigenvalue weighted by atomic mass is 16.4. The molecular weight excluding hydrogens is 212 g/mol. The predicted octanol–water partition coefficient (Wildman–Crippen LogP) is -1.06. The van der Waals surface area contributed by atoms with E-state index in [0.717, 1.165) is 19.4 Å². The monoisotopic (exact) mass is 230 g/mol. The Bertz CT molecular complexity index is 262. The molecule has 1 saturated heterocycles. The van der Waals surface area contributed by atoms with Crippen LogP contribution in [0.5, 0.6) is 0 Å². The fourth-order valence-corrected chi connectivity index (χ4v) is 1.74. The third-order valence-electron chi connectivity index (χ3n) is 2.71. The molecule has 1 amide bonds. The van der Waals surface area contributed by atoms with Gasteiger partial charge in [0.2, 0.25) is 5.91 Å². The lowest BCUT2D eigenvalue weighted by atomic mass is 9.98. The maximum atomic E-state index is 11.7. The van der Waals surface area contributed by atoms with E-state index < -0.39 is 18.1 Å². The van der Waals surface area contributed by atoms with Gasteiger partial charge in [0.05, 0.1) is 12.0 Å². The predicted molar refractivity (Wildman–Crippen MR) is 56.8 cm³/mol. The number of amides is 1. The molecule has 6 nitrogen and oxygen atoms in total. The molecule has 0 unspecified atom stereocenters. The van der Waals surface area contributed by atoms with Crippen molar-refractivity contribution < 1.29 is 19.8 Å². The van der Waals surface area contributed by atoms with Crippen LogP contribution >= 0.6 is 0 Å². The Labute approximate surface area is 94.0 Å². The van der Waals surface area contributed by atoms with Gasteiger partial charge >= 0.3 is 5.97 Å². The molecule has 3 atom stereocenters. The number of hydrogen-bond donors (Lipinski definition) is 4. The third-order valence-corrected chi connectivity index (χ3v) is 2.71. The lowest BCUT2D eigenvalue weighted by Crippen LogP contribution is -2.51. The largest absolute Gasteiger partial charge is 0.480 e. The van der Waals surface area contributed by atoms with Gasteiger partial charge in [-0.1, -0.05) is 0 Å². The molecule has 0 aliphatic carbocycles. The molecule has 0 bridgehead atoms. The number of carboxylic acids is 1. The van der Waals surface area contributed by atoms with E-state index in [4.69, 9.17) is 5.11 Å². The van der Waals surface area contributed by atoms with E-state index in [1.807, 2.05) is 0 Å². The van der Waals surface area contributed by atoms with Gasteiger partial charge in [-0.15, -0.1) is 0 Å². The van der Waals surface area contributed by atoms with E-state index in [1.165, 1.54) is 6.92 Å². The van der Waals surface area contributed by atoms with Crippen LogP contribution in [0, 0.1) is 5.92 Å². The Morgan fingerprint density at radius 3 is 2.62 bits per heavy atom.